The van der Waals surface area contributed by atoms with Crippen LogP contribution in [0.3, 0.4) is 0 Å². The van der Waals surface area contributed by atoms with Crippen molar-refractivity contribution in [3.05, 3.63) is 131 Å². The first-order valence-electron chi connectivity index (χ1n) is 13.7. The predicted octanol–water partition coefficient (Wildman–Crippen LogP) is 7.10. The summed E-state index contributed by atoms with van der Waals surface area (Å²) < 4.78 is 28.8. The highest BCUT2D eigenvalue weighted by atomic mass is 35.5. The number of carbonyl (C=O) groups excluding carboxylic acids is 2. The maximum Gasteiger partial charge on any atom is 0.241 e. The van der Waals surface area contributed by atoms with Crippen LogP contribution in [0.2, 0.25) is 5.02 Å². The van der Waals surface area contributed by atoms with Gasteiger partial charge in [-0.15, -0.1) is 0 Å². The number of halogens is 1. The van der Waals surface area contributed by atoms with Gasteiger partial charge in [-0.05, 0) is 52.9 Å². The number of fused-ring (bicyclic) bond motifs is 3. The second kappa shape index (κ2) is 11.6. The van der Waals surface area contributed by atoms with Crippen LogP contribution in [0.25, 0.3) is 10.8 Å². The van der Waals surface area contributed by atoms with Gasteiger partial charge in [-0.2, -0.15) is 0 Å². The highest BCUT2D eigenvalue weighted by molar-refractivity contribution is 7.92. The summed E-state index contributed by atoms with van der Waals surface area (Å²) in [6, 6.07) is 34.8. The number of carbonyl (C=O) groups is 2. The fraction of sp³-hybridized carbons (Fsp3) is 0.118. The molecule has 43 heavy (non-hydrogen) atoms. The second-order valence-corrected chi connectivity index (χ2v) is 12.8. The van der Waals surface area contributed by atoms with Crippen LogP contribution in [-0.2, 0) is 19.6 Å². The molecule has 2 amide bonds. The molecule has 5 aromatic rings. The zero-order valence-electron chi connectivity index (χ0n) is 23.3. The standard InChI is InChI=1S/C34H28ClN3O4S/c1-37(43(41,42)22-29(23-9-3-2-4-10-23)28-13-7-8-14-30(28)35)25-16-18-26(19-17-25)38-31-20-15-24-11-5-6-12-27(24)34(31)36-32(39)21-33(38)40/h2-20,29H,21-22H2,1H3,(H,36,39). The van der Waals surface area contributed by atoms with E-state index in [0.29, 0.717) is 27.8 Å². The smallest absolute Gasteiger partial charge is 0.241 e. The van der Waals surface area contributed by atoms with E-state index in [1.165, 1.54) is 16.3 Å². The Morgan fingerprint density at radius 1 is 0.837 bits per heavy atom. The predicted molar refractivity (Wildman–Crippen MR) is 173 cm³/mol. The minimum Gasteiger partial charge on any atom is -0.323 e. The Balaban J connectivity index is 1.32. The van der Waals surface area contributed by atoms with Gasteiger partial charge < -0.3 is 5.32 Å². The van der Waals surface area contributed by atoms with Gasteiger partial charge in [0.2, 0.25) is 21.8 Å². The summed E-state index contributed by atoms with van der Waals surface area (Å²) in [6.45, 7) is 0. The highest BCUT2D eigenvalue weighted by Gasteiger charge is 2.30. The Morgan fingerprint density at radius 3 is 2.26 bits per heavy atom. The number of hydrogen-bond donors (Lipinski definition) is 1. The first-order chi connectivity index (χ1) is 20.7. The number of sulfonamides is 1. The molecule has 9 heteroatoms. The van der Waals surface area contributed by atoms with Crippen LogP contribution >= 0.6 is 11.6 Å². The van der Waals surface area contributed by atoms with E-state index in [2.05, 4.69) is 5.32 Å². The van der Waals surface area contributed by atoms with Gasteiger partial charge in [-0.25, -0.2) is 8.42 Å². The van der Waals surface area contributed by atoms with Crippen LogP contribution in [0.1, 0.15) is 23.5 Å². The van der Waals surface area contributed by atoms with Crippen molar-refractivity contribution in [1.29, 1.82) is 0 Å². The van der Waals surface area contributed by atoms with Crippen molar-refractivity contribution < 1.29 is 18.0 Å². The zero-order chi connectivity index (χ0) is 30.1. The summed E-state index contributed by atoms with van der Waals surface area (Å²) in [5.41, 5.74) is 3.64. The molecule has 0 saturated carbocycles. The summed E-state index contributed by atoms with van der Waals surface area (Å²) >= 11 is 6.52. The summed E-state index contributed by atoms with van der Waals surface area (Å²) in [5.74, 6) is -1.45. The molecular weight excluding hydrogens is 582 g/mol. The molecule has 0 fully saturated rings. The van der Waals surface area contributed by atoms with Crippen molar-refractivity contribution in [2.45, 2.75) is 12.3 Å². The quantitative estimate of drug-likeness (QED) is 0.199. The molecule has 0 aromatic heterocycles. The molecule has 5 aromatic carbocycles. The molecule has 216 valence electrons. The molecule has 1 unspecified atom stereocenters. The average Bonchev–Trinajstić information content (AvgIpc) is 3.15. The van der Waals surface area contributed by atoms with E-state index in [1.54, 1.807) is 30.3 Å². The third-order valence-corrected chi connectivity index (χ3v) is 9.87. The molecule has 0 radical (unpaired) electrons. The summed E-state index contributed by atoms with van der Waals surface area (Å²) in [4.78, 5) is 27.4. The summed E-state index contributed by atoms with van der Waals surface area (Å²) in [6.07, 6.45) is -0.317. The monoisotopic (exact) mass is 609 g/mol. The Labute approximate surface area is 255 Å². The topological polar surface area (TPSA) is 86.8 Å². The van der Waals surface area contributed by atoms with Crippen molar-refractivity contribution in [2.24, 2.45) is 0 Å². The minimum absolute atomic E-state index is 0.197. The van der Waals surface area contributed by atoms with E-state index >= 15 is 0 Å². The number of nitrogens with one attached hydrogen (secondary N) is 1. The molecule has 0 spiro atoms. The van der Waals surface area contributed by atoms with Crippen LogP contribution in [-0.4, -0.2) is 33.0 Å². The molecule has 1 heterocycles. The van der Waals surface area contributed by atoms with Crippen LogP contribution in [0.4, 0.5) is 22.7 Å². The highest BCUT2D eigenvalue weighted by Crippen LogP contribution is 2.40. The van der Waals surface area contributed by atoms with E-state index in [1.807, 2.05) is 84.9 Å². The van der Waals surface area contributed by atoms with Crippen LogP contribution in [0, 0.1) is 0 Å². The lowest BCUT2D eigenvalue weighted by Crippen LogP contribution is -2.32. The number of amides is 2. The second-order valence-electron chi connectivity index (χ2n) is 10.4. The van der Waals surface area contributed by atoms with E-state index < -0.39 is 15.9 Å². The minimum atomic E-state index is -3.82. The Morgan fingerprint density at radius 2 is 1.51 bits per heavy atom. The molecule has 0 aliphatic carbocycles. The lowest BCUT2D eigenvalue weighted by atomic mass is 9.93. The van der Waals surface area contributed by atoms with E-state index in [-0.39, 0.29) is 24.0 Å². The van der Waals surface area contributed by atoms with E-state index in [9.17, 15) is 18.0 Å². The summed E-state index contributed by atoms with van der Waals surface area (Å²) in [7, 11) is -2.31. The normalized spacial score (nSPS) is 14.1. The fourth-order valence-corrected chi connectivity index (χ4v) is 7.23. The van der Waals surface area contributed by atoms with Gasteiger partial charge in [-0.1, -0.05) is 90.5 Å². The molecule has 6 rings (SSSR count). The number of nitrogens with zero attached hydrogens (tertiary/aromatic N) is 2. The fourth-order valence-electron chi connectivity index (χ4n) is 5.50. The maximum absolute atomic E-state index is 13.8. The first-order valence-corrected chi connectivity index (χ1v) is 15.7. The van der Waals surface area contributed by atoms with Gasteiger partial charge >= 0.3 is 0 Å². The van der Waals surface area contributed by atoms with Gasteiger partial charge in [0.05, 0.1) is 22.8 Å². The van der Waals surface area contributed by atoms with Gasteiger partial charge in [0.1, 0.15) is 6.42 Å². The Hall–Kier alpha value is -4.66. The Bertz CT molecular complexity index is 1950. The molecule has 0 bridgehead atoms. The SMILES string of the molecule is CN(c1ccc(N2C(=O)CC(=O)Nc3c2ccc2ccccc32)cc1)S(=O)(=O)CC(c1ccccc1)c1ccccc1Cl. The van der Waals surface area contributed by atoms with Crippen LogP contribution in [0.15, 0.2) is 115 Å². The van der Waals surface area contributed by atoms with Crippen molar-refractivity contribution in [1.82, 2.24) is 0 Å². The van der Waals surface area contributed by atoms with E-state index in [0.717, 1.165) is 21.9 Å². The van der Waals surface area contributed by atoms with Crippen molar-refractivity contribution >= 4 is 67.0 Å². The maximum atomic E-state index is 13.8. The van der Waals surface area contributed by atoms with Crippen molar-refractivity contribution in [3.63, 3.8) is 0 Å². The average molecular weight is 610 g/mol. The number of anilines is 4. The number of hydrogen-bond acceptors (Lipinski definition) is 4. The molecule has 1 N–H and O–H groups in total. The Kier molecular flexibility index (Phi) is 7.64. The molecule has 0 saturated heterocycles. The third kappa shape index (κ3) is 5.59. The van der Waals surface area contributed by atoms with E-state index in [4.69, 9.17) is 11.6 Å². The van der Waals surface area contributed by atoms with Gasteiger partial charge in [0.25, 0.3) is 0 Å². The lowest BCUT2D eigenvalue weighted by Gasteiger charge is -2.26. The lowest BCUT2D eigenvalue weighted by molar-refractivity contribution is -0.124. The molecule has 1 aliphatic heterocycles. The molecule has 7 nitrogen and oxygen atoms in total. The number of rotatable bonds is 7. The van der Waals surface area contributed by atoms with Crippen molar-refractivity contribution in [3.8, 4) is 0 Å². The molecule has 1 aliphatic rings. The van der Waals surface area contributed by atoms with Gasteiger partial charge in [0.15, 0.2) is 0 Å². The number of benzene rings is 5. The molecule has 1 atom stereocenters. The summed E-state index contributed by atoms with van der Waals surface area (Å²) in [5, 5.41) is 5.15. The van der Waals surface area contributed by atoms with Gasteiger partial charge in [-0.3, -0.25) is 18.8 Å². The van der Waals surface area contributed by atoms with Crippen molar-refractivity contribution in [2.75, 3.05) is 27.3 Å². The molecular formula is C34H28ClN3O4S. The van der Waals surface area contributed by atoms with Gasteiger partial charge in [0, 0.05) is 29.1 Å². The largest absolute Gasteiger partial charge is 0.323 e. The first kappa shape index (κ1) is 28.5. The third-order valence-electron chi connectivity index (χ3n) is 7.72. The van der Waals surface area contributed by atoms with Crippen LogP contribution < -0.4 is 14.5 Å². The van der Waals surface area contributed by atoms with Crippen LogP contribution in [0.5, 0.6) is 0 Å². The zero-order valence-corrected chi connectivity index (χ0v) is 24.8.